The monoisotopic (exact) mass is 171 g/mol. The van der Waals surface area contributed by atoms with Crippen LogP contribution in [0.25, 0.3) is 0 Å². The first kappa shape index (κ1) is 8.51. The molecule has 0 spiro atoms. The van der Waals surface area contributed by atoms with Crippen LogP contribution in [0, 0.1) is 0 Å². The normalized spacial score (nSPS) is 10.6. The largest absolute Gasteiger partial charge is 0.442 e. The average Bonchev–Trinajstić information content (AvgIpc) is 2.30. The second-order valence-electron chi connectivity index (χ2n) is 2.60. The van der Waals surface area contributed by atoms with E-state index in [1.807, 2.05) is 0 Å². The van der Waals surface area contributed by atoms with Gasteiger partial charge in [-0.3, -0.25) is 9.32 Å². The number of primary amides is 1. The lowest BCUT2D eigenvalue weighted by atomic mass is 10.4. The summed E-state index contributed by atoms with van der Waals surface area (Å²) in [6.45, 7) is 3.45. The molecular weight excluding hydrogens is 162 g/mol. The van der Waals surface area contributed by atoms with Gasteiger partial charge in [-0.25, -0.2) is 9.36 Å². The first-order chi connectivity index (χ1) is 5.54. The van der Waals surface area contributed by atoms with Crippen LogP contribution >= 0.6 is 0 Å². The minimum absolute atomic E-state index is 0.144. The highest BCUT2D eigenvalue weighted by atomic mass is 16.5. The van der Waals surface area contributed by atoms with Gasteiger partial charge in [-0.1, -0.05) is 0 Å². The van der Waals surface area contributed by atoms with Crippen LogP contribution in [-0.2, 0) is 0 Å². The lowest BCUT2D eigenvalue weighted by Crippen LogP contribution is -2.25. The average molecular weight is 171 g/mol. The second kappa shape index (κ2) is 2.80. The summed E-state index contributed by atoms with van der Waals surface area (Å²) in [5.74, 6) is -1.58. The summed E-state index contributed by atoms with van der Waals surface area (Å²) in [4.78, 5) is 21.6. The maximum atomic E-state index is 10.9. The van der Waals surface area contributed by atoms with E-state index in [2.05, 4.69) is 9.68 Å². The topological polar surface area (TPSA) is 91.1 Å². The minimum atomic E-state index is -0.769. The first-order valence-electron chi connectivity index (χ1n) is 3.42. The summed E-state index contributed by atoms with van der Waals surface area (Å²) in [6.07, 6.45) is 0. The van der Waals surface area contributed by atoms with Crippen LogP contribution in [0.5, 0.6) is 0 Å². The van der Waals surface area contributed by atoms with Crippen LogP contribution in [-0.4, -0.2) is 15.6 Å². The number of hydrogen-bond donors (Lipinski definition) is 1. The van der Waals surface area contributed by atoms with Crippen molar-refractivity contribution in [2.45, 2.75) is 19.9 Å². The van der Waals surface area contributed by atoms with Crippen LogP contribution in [0.1, 0.15) is 30.5 Å². The van der Waals surface area contributed by atoms with Gasteiger partial charge >= 0.3 is 5.76 Å². The molecule has 1 heterocycles. The lowest BCUT2D eigenvalue weighted by Gasteiger charge is -2.03. The molecule has 0 saturated heterocycles. The molecule has 0 unspecified atom stereocenters. The summed E-state index contributed by atoms with van der Waals surface area (Å²) < 4.78 is 5.37. The van der Waals surface area contributed by atoms with Crippen molar-refractivity contribution < 1.29 is 9.32 Å². The van der Waals surface area contributed by atoms with E-state index in [1.54, 1.807) is 13.8 Å². The molecule has 2 N–H and O–H groups in total. The highest BCUT2D eigenvalue weighted by Gasteiger charge is 2.17. The van der Waals surface area contributed by atoms with E-state index in [1.165, 1.54) is 0 Å². The number of hydrogen-bond acceptors (Lipinski definition) is 4. The molecule has 0 bridgehead atoms. The summed E-state index contributed by atoms with van der Waals surface area (Å²) in [5, 5.41) is 3.24. The molecule has 0 aromatic carbocycles. The number of nitrogens with two attached hydrogens (primary N) is 1. The molecule has 0 aliphatic rings. The fourth-order valence-corrected chi connectivity index (χ4v) is 0.876. The quantitative estimate of drug-likeness (QED) is 0.650. The third kappa shape index (κ3) is 1.23. The van der Waals surface area contributed by atoms with E-state index in [0.29, 0.717) is 0 Å². The standard InChI is InChI=1S/C6H9N3O3/c1-3(2)9-5(4(7)10)8-12-6(9)11/h3H,1-2H3,(H2,7,10). The van der Waals surface area contributed by atoms with Crippen molar-refractivity contribution in [3.05, 3.63) is 16.4 Å². The zero-order valence-corrected chi connectivity index (χ0v) is 6.77. The number of carbonyl (C=O) groups is 1. The summed E-state index contributed by atoms with van der Waals surface area (Å²) >= 11 is 0. The Morgan fingerprint density at radius 1 is 1.67 bits per heavy atom. The Morgan fingerprint density at radius 3 is 2.58 bits per heavy atom. The Kier molecular flexibility index (Phi) is 1.99. The van der Waals surface area contributed by atoms with Crippen LogP contribution in [0.15, 0.2) is 9.32 Å². The molecular formula is C6H9N3O3. The Hall–Kier alpha value is -1.59. The van der Waals surface area contributed by atoms with E-state index in [-0.39, 0.29) is 11.9 Å². The Balaban J connectivity index is 3.31. The van der Waals surface area contributed by atoms with E-state index in [4.69, 9.17) is 5.73 Å². The van der Waals surface area contributed by atoms with E-state index in [0.717, 1.165) is 4.57 Å². The third-order valence-corrected chi connectivity index (χ3v) is 1.37. The molecule has 1 aromatic rings. The van der Waals surface area contributed by atoms with Gasteiger partial charge < -0.3 is 5.73 Å². The van der Waals surface area contributed by atoms with Crippen molar-refractivity contribution in [2.75, 3.05) is 0 Å². The molecule has 0 radical (unpaired) electrons. The highest BCUT2D eigenvalue weighted by Crippen LogP contribution is 2.02. The summed E-state index contributed by atoms with van der Waals surface area (Å²) in [6, 6.07) is -0.189. The van der Waals surface area contributed by atoms with Crippen molar-refractivity contribution in [2.24, 2.45) is 5.73 Å². The zero-order chi connectivity index (χ0) is 9.30. The molecule has 0 saturated carbocycles. The van der Waals surface area contributed by atoms with Gasteiger partial charge in [0.1, 0.15) is 0 Å². The molecule has 1 amide bonds. The molecule has 6 nitrogen and oxygen atoms in total. The summed E-state index contributed by atoms with van der Waals surface area (Å²) in [7, 11) is 0. The zero-order valence-electron chi connectivity index (χ0n) is 6.77. The van der Waals surface area contributed by atoms with Gasteiger partial charge in [0.25, 0.3) is 5.91 Å². The Bertz CT molecular complexity index is 349. The molecule has 6 heteroatoms. The Labute approximate surface area is 67.9 Å². The van der Waals surface area contributed by atoms with Gasteiger partial charge in [0.2, 0.25) is 5.82 Å². The van der Waals surface area contributed by atoms with Crippen molar-refractivity contribution >= 4 is 5.91 Å². The van der Waals surface area contributed by atoms with E-state index in [9.17, 15) is 9.59 Å². The van der Waals surface area contributed by atoms with Gasteiger partial charge in [0.05, 0.1) is 0 Å². The number of carbonyl (C=O) groups excluding carboxylic acids is 1. The van der Waals surface area contributed by atoms with Crippen molar-refractivity contribution in [3.8, 4) is 0 Å². The molecule has 0 aliphatic carbocycles. The maximum Gasteiger partial charge on any atom is 0.442 e. The Morgan fingerprint density at radius 2 is 2.25 bits per heavy atom. The molecule has 0 atom stereocenters. The smallest absolute Gasteiger partial charge is 0.363 e. The fraction of sp³-hybridized carbons (Fsp3) is 0.500. The second-order valence-corrected chi connectivity index (χ2v) is 2.60. The van der Waals surface area contributed by atoms with Crippen LogP contribution in [0.2, 0.25) is 0 Å². The number of aromatic nitrogens is 2. The maximum absolute atomic E-state index is 10.9. The van der Waals surface area contributed by atoms with Crippen molar-refractivity contribution in [1.29, 1.82) is 0 Å². The number of nitrogens with zero attached hydrogens (tertiary/aromatic N) is 2. The number of amides is 1. The van der Waals surface area contributed by atoms with Crippen molar-refractivity contribution in [3.63, 3.8) is 0 Å². The highest BCUT2D eigenvalue weighted by molar-refractivity contribution is 5.88. The third-order valence-electron chi connectivity index (χ3n) is 1.37. The summed E-state index contributed by atoms with van der Waals surface area (Å²) in [5.41, 5.74) is 4.94. The molecule has 1 rings (SSSR count). The lowest BCUT2D eigenvalue weighted by molar-refractivity contribution is 0.0982. The molecule has 1 aromatic heterocycles. The van der Waals surface area contributed by atoms with Gasteiger partial charge in [-0.2, -0.15) is 0 Å². The minimum Gasteiger partial charge on any atom is -0.363 e. The predicted molar refractivity (Wildman–Crippen MR) is 39.7 cm³/mol. The molecule has 12 heavy (non-hydrogen) atoms. The molecule has 0 aliphatic heterocycles. The molecule has 66 valence electrons. The van der Waals surface area contributed by atoms with Gasteiger partial charge in [-0.15, -0.1) is 0 Å². The predicted octanol–water partition coefficient (Wildman–Crippen LogP) is -0.484. The van der Waals surface area contributed by atoms with Gasteiger partial charge in [0, 0.05) is 6.04 Å². The number of rotatable bonds is 2. The van der Waals surface area contributed by atoms with Gasteiger partial charge in [-0.05, 0) is 19.0 Å². The SMILES string of the molecule is CC(C)n1c(C(N)=O)noc1=O. The van der Waals surface area contributed by atoms with E-state index >= 15 is 0 Å². The van der Waals surface area contributed by atoms with Gasteiger partial charge in [0.15, 0.2) is 0 Å². The van der Waals surface area contributed by atoms with Crippen LogP contribution in [0.4, 0.5) is 0 Å². The van der Waals surface area contributed by atoms with Crippen LogP contribution in [0.3, 0.4) is 0 Å². The fourth-order valence-electron chi connectivity index (χ4n) is 0.876. The van der Waals surface area contributed by atoms with Crippen LogP contribution < -0.4 is 11.5 Å². The van der Waals surface area contributed by atoms with Crippen molar-refractivity contribution in [1.82, 2.24) is 9.72 Å². The first-order valence-corrected chi connectivity index (χ1v) is 3.42. The van der Waals surface area contributed by atoms with E-state index < -0.39 is 11.7 Å². The molecule has 0 fully saturated rings.